The van der Waals surface area contributed by atoms with Crippen molar-refractivity contribution in [3.8, 4) is 0 Å². The van der Waals surface area contributed by atoms with Crippen LogP contribution in [0, 0.1) is 0 Å². The third-order valence-corrected chi connectivity index (χ3v) is 5.59. The number of hydrogen-bond donors (Lipinski definition) is 6. The van der Waals surface area contributed by atoms with Gasteiger partial charge in [-0.2, -0.15) is 0 Å². The third-order valence-electron chi connectivity index (χ3n) is 5.59. The minimum absolute atomic E-state index is 0.761. The minimum Gasteiger partial charge on any atom is -0.479 e. The first-order chi connectivity index (χ1) is 15.3. The number of carbonyl (C=O) groups excluding carboxylic acids is 1. The molecule has 0 rings (SSSR count). The molecule has 0 saturated heterocycles. The number of aliphatic hydroxyl groups is 4. The Hall–Kier alpha value is -1.48. The number of carboxylic acid groups (broad SMARTS) is 1. The summed E-state index contributed by atoms with van der Waals surface area (Å²) in [6, 6.07) is 0. The molecule has 0 bridgehead atoms. The van der Waals surface area contributed by atoms with Crippen LogP contribution >= 0.6 is 0 Å². The molecule has 0 aromatic rings. The van der Waals surface area contributed by atoms with Crippen molar-refractivity contribution in [2.24, 2.45) is 0 Å². The standard InChI is InChI=1S/C24H45NO7/c1-2-3-4-5-6-7-8-9-10-11-12-13-14-15-16-17-18-25-23(30)21(28)19(26)20(27)22(29)24(31)32/h17-22,26-29H,2-16H2,1H3,(H,25,30)(H,31,32)/b18-17+/t19-,20-,21+,22-/m1/s1. The number of hydrogen-bond acceptors (Lipinski definition) is 6. The van der Waals surface area contributed by atoms with Gasteiger partial charge in [-0.05, 0) is 19.0 Å². The number of rotatable bonds is 21. The average molecular weight is 460 g/mol. The zero-order valence-corrected chi connectivity index (χ0v) is 19.6. The molecule has 32 heavy (non-hydrogen) atoms. The van der Waals surface area contributed by atoms with Gasteiger partial charge in [0, 0.05) is 0 Å². The van der Waals surface area contributed by atoms with Crippen molar-refractivity contribution in [1.29, 1.82) is 0 Å². The molecule has 0 aromatic carbocycles. The van der Waals surface area contributed by atoms with E-state index in [4.69, 9.17) is 10.2 Å². The average Bonchev–Trinajstić information content (AvgIpc) is 2.78. The summed E-state index contributed by atoms with van der Waals surface area (Å²) in [5.74, 6) is -2.76. The molecule has 0 aromatic heterocycles. The lowest BCUT2D eigenvalue weighted by Gasteiger charge is -2.23. The normalized spacial score (nSPS) is 15.4. The van der Waals surface area contributed by atoms with Crippen molar-refractivity contribution in [3.63, 3.8) is 0 Å². The fourth-order valence-electron chi connectivity index (χ4n) is 3.44. The molecule has 8 heteroatoms. The lowest BCUT2D eigenvalue weighted by atomic mass is 10.0. The minimum atomic E-state index is -2.30. The summed E-state index contributed by atoms with van der Waals surface area (Å²) in [5, 5.41) is 48.7. The zero-order valence-electron chi connectivity index (χ0n) is 19.6. The van der Waals surface area contributed by atoms with Gasteiger partial charge in [0.15, 0.2) is 12.2 Å². The Morgan fingerprint density at radius 1 is 0.688 bits per heavy atom. The second kappa shape index (κ2) is 20.1. The molecule has 0 aliphatic carbocycles. The van der Waals surface area contributed by atoms with Gasteiger partial charge in [0.25, 0.3) is 5.91 Å². The fourth-order valence-corrected chi connectivity index (χ4v) is 3.44. The molecule has 0 fully saturated rings. The maximum atomic E-state index is 11.7. The number of allylic oxidation sites excluding steroid dienone is 1. The van der Waals surface area contributed by atoms with E-state index in [1.54, 1.807) is 6.08 Å². The molecule has 0 saturated carbocycles. The van der Waals surface area contributed by atoms with Crippen molar-refractivity contribution in [2.75, 3.05) is 0 Å². The number of amides is 1. The molecule has 4 atom stereocenters. The van der Waals surface area contributed by atoms with Gasteiger partial charge in [0.05, 0.1) is 0 Å². The van der Waals surface area contributed by atoms with Crippen LogP contribution in [0.4, 0.5) is 0 Å². The fraction of sp³-hybridized carbons (Fsp3) is 0.833. The highest BCUT2D eigenvalue weighted by Gasteiger charge is 2.37. The largest absolute Gasteiger partial charge is 0.479 e. The van der Waals surface area contributed by atoms with Gasteiger partial charge in [-0.1, -0.05) is 96.5 Å². The zero-order chi connectivity index (χ0) is 24.2. The molecule has 0 radical (unpaired) electrons. The quantitative estimate of drug-likeness (QED) is 0.145. The monoisotopic (exact) mass is 459 g/mol. The Morgan fingerprint density at radius 2 is 1.09 bits per heavy atom. The van der Waals surface area contributed by atoms with Crippen molar-refractivity contribution in [2.45, 2.75) is 128 Å². The van der Waals surface area contributed by atoms with Crippen LogP contribution in [-0.4, -0.2) is 61.8 Å². The highest BCUT2D eigenvalue weighted by Crippen LogP contribution is 2.13. The van der Waals surface area contributed by atoms with E-state index in [0.717, 1.165) is 19.3 Å². The Morgan fingerprint density at radius 3 is 1.53 bits per heavy atom. The van der Waals surface area contributed by atoms with Gasteiger partial charge < -0.3 is 30.8 Å². The molecule has 0 aliphatic rings. The van der Waals surface area contributed by atoms with E-state index in [0.29, 0.717) is 0 Å². The van der Waals surface area contributed by atoms with Gasteiger partial charge in [-0.15, -0.1) is 0 Å². The molecule has 0 unspecified atom stereocenters. The summed E-state index contributed by atoms with van der Waals surface area (Å²) < 4.78 is 0. The predicted molar refractivity (Wildman–Crippen MR) is 124 cm³/mol. The van der Waals surface area contributed by atoms with Crippen LogP contribution < -0.4 is 5.32 Å². The number of carboxylic acids is 1. The van der Waals surface area contributed by atoms with E-state index < -0.39 is 36.3 Å². The summed E-state index contributed by atoms with van der Waals surface area (Å²) >= 11 is 0. The molecule has 0 aliphatic heterocycles. The Balaban J connectivity index is 3.64. The van der Waals surface area contributed by atoms with Crippen molar-refractivity contribution in [3.05, 3.63) is 12.3 Å². The molecule has 8 nitrogen and oxygen atoms in total. The number of carbonyl (C=O) groups is 2. The third kappa shape index (κ3) is 15.3. The SMILES string of the molecule is CCCCCCCCCCCCCCCC/C=C/NC(=O)[C@@H](O)[C@H](O)[C@@H](O)[C@@H](O)C(=O)O. The summed E-state index contributed by atoms with van der Waals surface area (Å²) in [5.41, 5.74) is 0. The van der Waals surface area contributed by atoms with Crippen LogP contribution in [0.2, 0.25) is 0 Å². The van der Waals surface area contributed by atoms with Crippen LogP contribution in [0.15, 0.2) is 12.3 Å². The first kappa shape index (κ1) is 30.5. The number of aliphatic carboxylic acids is 1. The Labute approximate surface area is 192 Å². The topological polar surface area (TPSA) is 147 Å². The van der Waals surface area contributed by atoms with Crippen LogP contribution in [0.1, 0.15) is 103 Å². The van der Waals surface area contributed by atoms with Crippen molar-refractivity contribution < 1.29 is 35.1 Å². The van der Waals surface area contributed by atoms with Crippen LogP contribution in [-0.2, 0) is 9.59 Å². The highest BCUT2D eigenvalue weighted by atomic mass is 16.4. The van der Waals surface area contributed by atoms with Crippen LogP contribution in [0.5, 0.6) is 0 Å². The van der Waals surface area contributed by atoms with E-state index >= 15 is 0 Å². The van der Waals surface area contributed by atoms with Gasteiger partial charge in [0.2, 0.25) is 0 Å². The van der Waals surface area contributed by atoms with Crippen LogP contribution in [0.3, 0.4) is 0 Å². The summed E-state index contributed by atoms with van der Waals surface area (Å²) in [7, 11) is 0. The van der Waals surface area contributed by atoms with Crippen molar-refractivity contribution >= 4 is 11.9 Å². The van der Waals surface area contributed by atoms with Gasteiger partial charge in [-0.25, -0.2) is 4.79 Å². The maximum absolute atomic E-state index is 11.7. The molecule has 188 valence electrons. The number of aliphatic hydroxyl groups excluding tert-OH is 4. The van der Waals surface area contributed by atoms with E-state index in [-0.39, 0.29) is 0 Å². The molecule has 1 amide bonds. The van der Waals surface area contributed by atoms with E-state index in [1.807, 2.05) is 0 Å². The van der Waals surface area contributed by atoms with Crippen molar-refractivity contribution in [1.82, 2.24) is 5.32 Å². The molecule has 0 heterocycles. The second-order valence-corrected chi connectivity index (χ2v) is 8.50. The summed E-state index contributed by atoms with van der Waals surface area (Å²) in [4.78, 5) is 22.3. The lowest BCUT2D eigenvalue weighted by molar-refractivity contribution is -0.166. The number of unbranched alkanes of at least 4 members (excludes halogenated alkanes) is 14. The lowest BCUT2D eigenvalue weighted by Crippen LogP contribution is -2.52. The van der Waals surface area contributed by atoms with Gasteiger partial charge in [0.1, 0.15) is 12.2 Å². The molecule has 0 spiro atoms. The first-order valence-electron chi connectivity index (χ1n) is 12.2. The number of nitrogens with one attached hydrogen (secondary N) is 1. The molecular formula is C24H45NO7. The first-order valence-corrected chi connectivity index (χ1v) is 12.2. The Kier molecular flexibility index (Phi) is 19.2. The molecule has 6 N–H and O–H groups in total. The Bertz CT molecular complexity index is 513. The van der Waals surface area contributed by atoms with Crippen LogP contribution in [0.25, 0.3) is 0 Å². The highest BCUT2D eigenvalue weighted by molar-refractivity contribution is 5.82. The maximum Gasteiger partial charge on any atom is 0.335 e. The molecular weight excluding hydrogens is 414 g/mol. The predicted octanol–water partition coefficient (Wildman–Crippen LogP) is 3.02. The summed E-state index contributed by atoms with van der Waals surface area (Å²) in [6.07, 6.45) is 13.2. The van der Waals surface area contributed by atoms with Gasteiger partial charge in [-0.3, -0.25) is 4.79 Å². The van der Waals surface area contributed by atoms with E-state index in [1.165, 1.54) is 83.2 Å². The smallest absolute Gasteiger partial charge is 0.335 e. The van der Waals surface area contributed by atoms with Gasteiger partial charge >= 0.3 is 5.97 Å². The summed E-state index contributed by atoms with van der Waals surface area (Å²) in [6.45, 7) is 2.24. The second-order valence-electron chi connectivity index (χ2n) is 8.50. The van der Waals surface area contributed by atoms with E-state index in [9.17, 15) is 24.9 Å². The van der Waals surface area contributed by atoms with E-state index in [2.05, 4.69) is 12.2 Å².